The quantitative estimate of drug-likeness (QED) is 0.892. The van der Waals surface area contributed by atoms with Gasteiger partial charge in [-0.15, -0.1) is 0 Å². The molecule has 1 aromatic rings. The number of ether oxygens (including phenoxy) is 2. The van der Waals surface area contributed by atoms with Gasteiger partial charge in [-0.25, -0.2) is 0 Å². The van der Waals surface area contributed by atoms with Crippen molar-refractivity contribution in [1.29, 1.82) is 0 Å². The number of para-hydroxylation sites is 1. The van der Waals surface area contributed by atoms with Crippen molar-refractivity contribution in [3.63, 3.8) is 0 Å². The van der Waals surface area contributed by atoms with Crippen molar-refractivity contribution in [1.82, 2.24) is 0 Å². The second-order valence-electron chi connectivity index (χ2n) is 5.04. The molecule has 0 heterocycles. The monoisotopic (exact) mass is 250 g/mol. The molecule has 0 bridgehead atoms. The van der Waals surface area contributed by atoms with E-state index in [4.69, 9.17) is 9.47 Å². The highest BCUT2D eigenvalue weighted by molar-refractivity contribution is 5.38. The molecule has 0 aliphatic heterocycles. The van der Waals surface area contributed by atoms with Crippen LogP contribution in [-0.2, 0) is 16.1 Å². The van der Waals surface area contributed by atoms with Crippen LogP contribution in [0.5, 0.6) is 5.75 Å². The van der Waals surface area contributed by atoms with Gasteiger partial charge in [0.25, 0.3) is 0 Å². The van der Waals surface area contributed by atoms with Crippen LogP contribution < -0.4 is 0 Å². The molecule has 3 heteroatoms. The predicted molar refractivity (Wildman–Crippen MR) is 70.7 cm³/mol. The van der Waals surface area contributed by atoms with Gasteiger partial charge in [-0.3, -0.25) is 0 Å². The molecule has 0 radical (unpaired) electrons. The van der Waals surface area contributed by atoms with Gasteiger partial charge in [0.05, 0.1) is 18.8 Å². The van der Waals surface area contributed by atoms with E-state index < -0.39 is 0 Å². The van der Waals surface area contributed by atoms with Crippen molar-refractivity contribution in [2.75, 3.05) is 7.11 Å². The van der Waals surface area contributed by atoms with Gasteiger partial charge in [0.1, 0.15) is 5.75 Å². The Bertz CT molecular complexity index is 389. The summed E-state index contributed by atoms with van der Waals surface area (Å²) in [6.45, 7) is 2.38. The third-order valence-electron chi connectivity index (χ3n) is 3.71. The minimum absolute atomic E-state index is 0.253. The first-order valence-corrected chi connectivity index (χ1v) is 6.62. The summed E-state index contributed by atoms with van der Waals surface area (Å²) in [6.07, 6.45) is 4.92. The van der Waals surface area contributed by atoms with Gasteiger partial charge in [-0.2, -0.15) is 0 Å². The number of phenols is 1. The van der Waals surface area contributed by atoms with Crippen molar-refractivity contribution in [3.05, 3.63) is 29.3 Å². The average molecular weight is 250 g/mol. The van der Waals surface area contributed by atoms with Crippen LogP contribution in [0.25, 0.3) is 0 Å². The van der Waals surface area contributed by atoms with E-state index >= 15 is 0 Å². The summed E-state index contributed by atoms with van der Waals surface area (Å²) in [5.74, 6) is 0.358. The van der Waals surface area contributed by atoms with Crippen molar-refractivity contribution in [3.8, 4) is 5.75 Å². The second kappa shape index (κ2) is 6.21. The number of aryl methyl sites for hydroxylation is 1. The van der Waals surface area contributed by atoms with Gasteiger partial charge in [-0.05, 0) is 38.2 Å². The van der Waals surface area contributed by atoms with E-state index in [-0.39, 0.29) is 6.10 Å². The van der Waals surface area contributed by atoms with Crippen LogP contribution in [0.1, 0.15) is 36.8 Å². The first-order valence-electron chi connectivity index (χ1n) is 6.62. The van der Waals surface area contributed by atoms with Gasteiger partial charge in [0, 0.05) is 12.7 Å². The fraction of sp³-hybridized carbons (Fsp3) is 0.600. The molecule has 100 valence electrons. The van der Waals surface area contributed by atoms with Crippen LogP contribution in [0, 0.1) is 6.92 Å². The lowest BCUT2D eigenvalue weighted by atomic mass is 9.95. The number of hydrogen-bond donors (Lipinski definition) is 1. The third kappa shape index (κ3) is 3.24. The Hall–Kier alpha value is -1.06. The molecule has 1 fully saturated rings. The first kappa shape index (κ1) is 13.4. The molecule has 0 unspecified atom stereocenters. The Morgan fingerprint density at radius 2 is 2.06 bits per heavy atom. The highest BCUT2D eigenvalue weighted by atomic mass is 16.5. The molecule has 1 saturated carbocycles. The summed E-state index contributed by atoms with van der Waals surface area (Å²) >= 11 is 0. The van der Waals surface area contributed by atoms with Gasteiger partial charge in [-0.1, -0.05) is 18.2 Å². The van der Waals surface area contributed by atoms with Crippen LogP contribution in [0.2, 0.25) is 0 Å². The third-order valence-corrected chi connectivity index (χ3v) is 3.71. The van der Waals surface area contributed by atoms with Crippen LogP contribution in [0.3, 0.4) is 0 Å². The van der Waals surface area contributed by atoms with E-state index in [9.17, 15) is 5.11 Å². The molecule has 1 aliphatic carbocycles. The Balaban J connectivity index is 1.89. The SMILES string of the molecule is CO[C@H]1CCC[C@@H](OCc2cccc(C)c2O)C1. The minimum Gasteiger partial charge on any atom is -0.507 e. The standard InChI is InChI=1S/C15H22O3/c1-11-5-3-6-12(15(11)16)10-18-14-8-4-7-13(9-14)17-2/h3,5-6,13-14,16H,4,7-10H2,1-2H3/t13-,14+/m0/s1. The normalized spacial score (nSPS) is 24.1. The van der Waals surface area contributed by atoms with E-state index in [0.717, 1.165) is 36.8 Å². The Labute approximate surface area is 109 Å². The zero-order valence-corrected chi connectivity index (χ0v) is 11.2. The zero-order valence-electron chi connectivity index (χ0n) is 11.2. The Morgan fingerprint density at radius 3 is 2.83 bits per heavy atom. The molecule has 1 aliphatic rings. The van der Waals surface area contributed by atoms with Crippen molar-refractivity contribution >= 4 is 0 Å². The average Bonchev–Trinajstić information content (AvgIpc) is 2.41. The van der Waals surface area contributed by atoms with E-state index in [2.05, 4.69) is 0 Å². The first-order chi connectivity index (χ1) is 8.70. The molecule has 2 atom stereocenters. The van der Waals surface area contributed by atoms with E-state index in [1.807, 2.05) is 25.1 Å². The van der Waals surface area contributed by atoms with E-state index in [1.165, 1.54) is 0 Å². The van der Waals surface area contributed by atoms with Crippen LogP contribution >= 0.6 is 0 Å². The van der Waals surface area contributed by atoms with Gasteiger partial charge >= 0.3 is 0 Å². The second-order valence-corrected chi connectivity index (χ2v) is 5.04. The maximum absolute atomic E-state index is 9.92. The predicted octanol–water partition coefficient (Wildman–Crippen LogP) is 3.17. The summed E-state index contributed by atoms with van der Waals surface area (Å²) in [7, 11) is 1.76. The Kier molecular flexibility index (Phi) is 4.61. The van der Waals surface area contributed by atoms with E-state index in [1.54, 1.807) is 7.11 Å². The number of benzene rings is 1. The smallest absolute Gasteiger partial charge is 0.123 e. The van der Waals surface area contributed by atoms with Gasteiger partial charge in [0.2, 0.25) is 0 Å². The zero-order chi connectivity index (χ0) is 13.0. The van der Waals surface area contributed by atoms with Gasteiger partial charge < -0.3 is 14.6 Å². The number of phenolic OH excluding ortho intramolecular Hbond substituents is 1. The summed E-state index contributed by atoms with van der Waals surface area (Å²) < 4.78 is 11.3. The molecule has 0 aromatic heterocycles. The fourth-order valence-corrected chi connectivity index (χ4v) is 2.51. The molecule has 3 nitrogen and oxygen atoms in total. The van der Waals surface area contributed by atoms with Crippen LogP contribution in [-0.4, -0.2) is 24.4 Å². The highest BCUT2D eigenvalue weighted by Crippen LogP contribution is 2.26. The molecule has 2 rings (SSSR count). The number of rotatable bonds is 4. The van der Waals surface area contributed by atoms with Crippen molar-refractivity contribution in [2.45, 2.75) is 51.4 Å². The maximum atomic E-state index is 9.92. The van der Waals surface area contributed by atoms with Crippen molar-refractivity contribution < 1.29 is 14.6 Å². The van der Waals surface area contributed by atoms with Crippen molar-refractivity contribution in [2.24, 2.45) is 0 Å². The lowest BCUT2D eigenvalue weighted by Crippen LogP contribution is -2.27. The number of methoxy groups -OCH3 is 1. The van der Waals surface area contributed by atoms with Gasteiger partial charge in [0.15, 0.2) is 0 Å². The molecular weight excluding hydrogens is 228 g/mol. The summed E-state index contributed by atoms with van der Waals surface area (Å²) in [5, 5.41) is 9.92. The van der Waals surface area contributed by atoms with Crippen LogP contribution in [0.15, 0.2) is 18.2 Å². The highest BCUT2D eigenvalue weighted by Gasteiger charge is 2.22. The molecule has 0 saturated heterocycles. The van der Waals surface area contributed by atoms with Crippen LogP contribution in [0.4, 0.5) is 0 Å². The lowest BCUT2D eigenvalue weighted by molar-refractivity contribution is -0.0367. The minimum atomic E-state index is 0.253. The Morgan fingerprint density at radius 1 is 1.28 bits per heavy atom. The number of hydrogen-bond acceptors (Lipinski definition) is 3. The largest absolute Gasteiger partial charge is 0.507 e. The molecule has 18 heavy (non-hydrogen) atoms. The lowest BCUT2D eigenvalue weighted by Gasteiger charge is -2.28. The molecular formula is C15H22O3. The number of aromatic hydroxyl groups is 1. The fourth-order valence-electron chi connectivity index (χ4n) is 2.51. The summed E-state index contributed by atoms with van der Waals surface area (Å²) in [5.41, 5.74) is 1.77. The molecule has 0 amide bonds. The van der Waals surface area contributed by atoms with E-state index in [0.29, 0.717) is 18.5 Å². The summed E-state index contributed by atoms with van der Waals surface area (Å²) in [6, 6.07) is 5.77. The topological polar surface area (TPSA) is 38.7 Å². The molecule has 1 aromatic carbocycles. The summed E-state index contributed by atoms with van der Waals surface area (Å²) in [4.78, 5) is 0. The molecule has 1 N–H and O–H groups in total. The molecule has 0 spiro atoms. The maximum Gasteiger partial charge on any atom is 0.123 e.